The summed E-state index contributed by atoms with van der Waals surface area (Å²) >= 11 is 5.55. The van der Waals surface area contributed by atoms with Gasteiger partial charge in [-0.15, -0.1) is 0 Å². The average Bonchev–Trinajstić information content (AvgIpc) is 2.08. The van der Waals surface area contributed by atoms with Gasteiger partial charge < -0.3 is 10.1 Å². The second-order valence-electron chi connectivity index (χ2n) is 4.57. The third kappa shape index (κ3) is 4.23. The molecule has 1 N–H and O–H groups in total. The fourth-order valence-corrected chi connectivity index (χ4v) is 1.36. The molecule has 3 nitrogen and oxygen atoms in total. The normalized spacial score (nSPS) is 20.9. The van der Waals surface area contributed by atoms with E-state index >= 15 is 0 Å². The molecule has 0 aromatic carbocycles. The van der Waals surface area contributed by atoms with E-state index in [1.807, 2.05) is 0 Å². The van der Waals surface area contributed by atoms with E-state index in [0.717, 1.165) is 0 Å². The summed E-state index contributed by atoms with van der Waals surface area (Å²) in [7, 11) is 0. The molecule has 1 aliphatic carbocycles. The predicted octanol–water partition coefficient (Wildman–Crippen LogP) is 3.26. The van der Waals surface area contributed by atoms with Gasteiger partial charge in [-0.05, 0) is 26.8 Å². The minimum absolute atomic E-state index is 0.0641. The molecule has 16 heavy (non-hydrogen) atoms. The van der Waals surface area contributed by atoms with Gasteiger partial charge in [0.1, 0.15) is 11.4 Å². The molecule has 0 fully saturated rings. The highest BCUT2D eigenvalue weighted by molar-refractivity contribution is 6.31. The lowest BCUT2D eigenvalue weighted by Gasteiger charge is -2.23. The summed E-state index contributed by atoms with van der Waals surface area (Å²) in [5, 5.41) is 2.63. The number of hydrogen-bond acceptors (Lipinski definition) is 2. The lowest BCUT2D eigenvalue weighted by Crippen LogP contribution is -2.38. The summed E-state index contributed by atoms with van der Waals surface area (Å²) in [6.07, 6.45) is 2.57. The van der Waals surface area contributed by atoms with Crippen molar-refractivity contribution < 1.29 is 13.9 Å². The average molecular weight is 248 g/mol. The summed E-state index contributed by atoms with van der Waals surface area (Å²) < 4.78 is 18.2. The van der Waals surface area contributed by atoms with Gasteiger partial charge in [0.25, 0.3) is 0 Å². The van der Waals surface area contributed by atoms with Crippen molar-refractivity contribution in [3.8, 4) is 0 Å². The Morgan fingerprint density at radius 2 is 2.25 bits per heavy atom. The van der Waals surface area contributed by atoms with E-state index < -0.39 is 23.6 Å². The highest BCUT2D eigenvalue weighted by atomic mass is 35.5. The summed E-state index contributed by atoms with van der Waals surface area (Å²) in [5.74, 6) is -0.426. The zero-order valence-corrected chi connectivity index (χ0v) is 10.3. The Balaban J connectivity index is 2.47. The Morgan fingerprint density at radius 1 is 1.62 bits per heavy atom. The van der Waals surface area contributed by atoms with E-state index in [4.69, 9.17) is 16.3 Å². The number of halogens is 2. The molecule has 0 aromatic heterocycles. The number of rotatable bonds is 1. The van der Waals surface area contributed by atoms with E-state index in [2.05, 4.69) is 5.32 Å². The lowest BCUT2D eigenvalue weighted by atomic mass is 10.1. The van der Waals surface area contributed by atoms with Gasteiger partial charge in [0.15, 0.2) is 0 Å². The highest BCUT2D eigenvalue weighted by Crippen LogP contribution is 2.23. The Labute approximate surface area is 99.3 Å². The van der Waals surface area contributed by atoms with Crippen LogP contribution >= 0.6 is 11.6 Å². The van der Waals surface area contributed by atoms with E-state index in [1.54, 1.807) is 26.8 Å². The van der Waals surface area contributed by atoms with Crippen LogP contribution in [0.2, 0.25) is 0 Å². The van der Waals surface area contributed by atoms with Crippen LogP contribution in [0.5, 0.6) is 0 Å². The molecule has 1 amide bonds. The molecule has 0 spiro atoms. The van der Waals surface area contributed by atoms with Crippen molar-refractivity contribution in [3.05, 3.63) is 23.0 Å². The fraction of sp³-hybridized carbons (Fsp3) is 0.545. The van der Waals surface area contributed by atoms with Gasteiger partial charge in [-0.25, -0.2) is 9.18 Å². The van der Waals surface area contributed by atoms with Crippen LogP contribution in [-0.4, -0.2) is 17.7 Å². The number of carbonyl (C=O) groups excluding carboxylic acids is 1. The number of amides is 1. The molecule has 1 rings (SSSR count). The minimum Gasteiger partial charge on any atom is -0.444 e. The molecule has 0 aliphatic heterocycles. The molecule has 90 valence electrons. The molecule has 0 bridgehead atoms. The SMILES string of the molecule is CC(C)(C)OC(=O)NC1C=CC(Cl)=C(F)C1. The van der Waals surface area contributed by atoms with Crippen molar-refractivity contribution in [1.82, 2.24) is 5.32 Å². The van der Waals surface area contributed by atoms with E-state index in [1.165, 1.54) is 6.08 Å². The molecule has 1 atom stereocenters. The first-order valence-electron chi connectivity index (χ1n) is 5.00. The largest absolute Gasteiger partial charge is 0.444 e. The van der Waals surface area contributed by atoms with Crippen molar-refractivity contribution in [2.75, 3.05) is 0 Å². The minimum atomic E-state index is -0.562. The monoisotopic (exact) mass is 247 g/mol. The Hall–Kier alpha value is -1.03. The summed E-state index contributed by atoms with van der Waals surface area (Å²) in [4.78, 5) is 11.4. The van der Waals surface area contributed by atoms with Gasteiger partial charge in [0, 0.05) is 6.42 Å². The molecule has 0 saturated carbocycles. The van der Waals surface area contributed by atoms with Gasteiger partial charge >= 0.3 is 6.09 Å². The molecule has 1 unspecified atom stereocenters. The van der Waals surface area contributed by atoms with Crippen molar-refractivity contribution in [2.24, 2.45) is 0 Å². The van der Waals surface area contributed by atoms with E-state index in [-0.39, 0.29) is 11.5 Å². The van der Waals surface area contributed by atoms with Crippen LogP contribution in [0, 0.1) is 0 Å². The Kier molecular flexibility index (Phi) is 3.97. The van der Waals surface area contributed by atoms with E-state index in [9.17, 15) is 9.18 Å². The molecule has 0 radical (unpaired) electrons. The van der Waals surface area contributed by atoms with Crippen LogP contribution in [0.1, 0.15) is 27.2 Å². The first kappa shape index (κ1) is 13.0. The van der Waals surface area contributed by atoms with Crippen molar-refractivity contribution in [3.63, 3.8) is 0 Å². The standard InChI is InChI=1S/C11H15ClFNO2/c1-11(2,3)16-10(15)14-7-4-5-8(12)9(13)6-7/h4-5,7H,6H2,1-3H3,(H,14,15). The number of allylic oxidation sites excluding steroid dienone is 2. The highest BCUT2D eigenvalue weighted by Gasteiger charge is 2.21. The van der Waals surface area contributed by atoms with Crippen LogP contribution in [-0.2, 0) is 4.74 Å². The maximum Gasteiger partial charge on any atom is 0.408 e. The molecule has 0 saturated heterocycles. The maximum atomic E-state index is 13.1. The number of alkyl carbamates (subject to hydrolysis) is 1. The van der Waals surface area contributed by atoms with Gasteiger partial charge in [0.2, 0.25) is 0 Å². The van der Waals surface area contributed by atoms with Crippen molar-refractivity contribution in [1.29, 1.82) is 0 Å². The zero-order valence-electron chi connectivity index (χ0n) is 9.51. The molecular weight excluding hydrogens is 233 g/mol. The number of nitrogens with one attached hydrogen (secondary N) is 1. The zero-order chi connectivity index (χ0) is 12.3. The molecule has 0 heterocycles. The number of hydrogen-bond donors (Lipinski definition) is 1. The summed E-state index contributed by atoms with van der Waals surface area (Å²) in [6.45, 7) is 5.29. The van der Waals surface area contributed by atoms with Crippen LogP contribution in [0.25, 0.3) is 0 Å². The third-order valence-electron chi connectivity index (χ3n) is 1.84. The van der Waals surface area contributed by atoms with Gasteiger partial charge in [0.05, 0.1) is 11.1 Å². The van der Waals surface area contributed by atoms with Gasteiger partial charge in [-0.1, -0.05) is 17.7 Å². The Morgan fingerprint density at radius 3 is 2.75 bits per heavy atom. The van der Waals surface area contributed by atoms with Gasteiger partial charge in [-0.2, -0.15) is 0 Å². The predicted molar refractivity (Wildman–Crippen MR) is 60.9 cm³/mol. The molecule has 0 aromatic rings. The maximum absolute atomic E-state index is 13.1. The topological polar surface area (TPSA) is 38.3 Å². The van der Waals surface area contributed by atoms with Crippen LogP contribution in [0.15, 0.2) is 23.0 Å². The molecule has 1 aliphatic rings. The fourth-order valence-electron chi connectivity index (χ4n) is 1.21. The Bertz CT molecular complexity index is 344. The smallest absolute Gasteiger partial charge is 0.408 e. The van der Waals surface area contributed by atoms with Crippen molar-refractivity contribution in [2.45, 2.75) is 38.8 Å². The second kappa shape index (κ2) is 4.87. The first-order chi connectivity index (χ1) is 7.28. The quantitative estimate of drug-likeness (QED) is 0.772. The summed E-state index contributed by atoms with van der Waals surface area (Å²) in [6, 6.07) is -0.405. The van der Waals surface area contributed by atoms with Crippen LogP contribution in [0.3, 0.4) is 0 Å². The second-order valence-corrected chi connectivity index (χ2v) is 4.98. The lowest BCUT2D eigenvalue weighted by molar-refractivity contribution is 0.0513. The molecular formula is C11H15ClFNO2. The third-order valence-corrected chi connectivity index (χ3v) is 2.17. The van der Waals surface area contributed by atoms with Gasteiger partial charge in [-0.3, -0.25) is 0 Å². The van der Waals surface area contributed by atoms with E-state index in [0.29, 0.717) is 0 Å². The number of ether oxygens (including phenoxy) is 1. The molecule has 5 heteroatoms. The van der Waals surface area contributed by atoms with Crippen LogP contribution in [0.4, 0.5) is 9.18 Å². The first-order valence-corrected chi connectivity index (χ1v) is 5.37. The summed E-state index contributed by atoms with van der Waals surface area (Å²) in [5.41, 5.74) is -0.561. The number of carbonyl (C=O) groups is 1. The van der Waals surface area contributed by atoms with Crippen LogP contribution < -0.4 is 5.32 Å². The van der Waals surface area contributed by atoms with Crippen molar-refractivity contribution >= 4 is 17.7 Å².